The van der Waals surface area contributed by atoms with Crippen molar-refractivity contribution >= 4 is 29.2 Å². The van der Waals surface area contributed by atoms with E-state index < -0.39 is 11.5 Å². The van der Waals surface area contributed by atoms with Gasteiger partial charge in [0, 0.05) is 25.3 Å². The lowest BCUT2D eigenvalue weighted by molar-refractivity contribution is -0.0143. The van der Waals surface area contributed by atoms with Gasteiger partial charge in [-0.3, -0.25) is 11.3 Å². The van der Waals surface area contributed by atoms with E-state index in [1.165, 1.54) is 26.3 Å². The number of carbonyl (C=O) groups is 3. The Balaban J connectivity index is -0.0000000733. The molecule has 1 saturated heterocycles. The predicted molar refractivity (Wildman–Crippen MR) is 110 cm³/mol. The number of nitrogens with one attached hydrogen (secondary N) is 2. The number of carbonyl (C=O) groups excluding carboxylic acids is 3. The van der Waals surface area contributed by atoms with Gasteiger partial charge in [-0.15, -0.1) is 0 Å². The number of ether oxygens (including phenoxy) is 4. The van der Waals surface area contributed by atoms with E-state index in [-0.39, 0.29) is 39.7 Å². The summed E-state index contributed by atoms with van der Waals surface area (Å²) in [4.78, 5) is 30.5. The first-order valence-electron chi connectivity index (χ1n) is 8.35. The summed E-state index contributed by atoms with van der Waals surface area (Å²) in [5.41, 5.74) is 4.20. The summed E-state index contributed by atoms with van der Waals surface area (Å²) in [6.07, 6.45) is -1.02. The zero-order valence-electron chi connectivity index (χ0n) is 19.5. The first-order chi connectivity index (χ1) is 14.7. The molecule has 1 aliphatic rings. The molecule has 16 nitrogen and oxygen atoms in total. The highest BCUT2D eigenvalue weighted by molar-refractivity contribution is 6.61. The van der Waals surface area contributed by atoms with Crippen LogP contribution in [0.1, 0.15) is 1.43 Å². The SMILES string of the molecule is CO.COC(=O)Cl.COC(=O)N(N)CCO.COC(=O)N1CCOCN1.NNCCO.[Cl-].[H+]. The van der Waals surface area contributed by atoms with Gasteiger partial charge in [0.05, 0.1) is 54.2 Å². The summed E-state index contributed by atoms with van der Waals surface area (Å²) >= 11 is 4.60. The highest BCUT2D eigenvalue weighted by Gasteiger charge is 2.15. The van der Waals surface area contributed by atoms with E-state index in [0.29, 0.717) is 26.4 Å². The number of aliphatic hydroxyl groups is 3. The van der Waals surface area contributed by atoms with Crippen molar-refractivity contribution in [3.8, 4) is 0 Å². The van der Waals surface area contributed by atoms with Crippen LogP contribution in [-0.2, 0) is 18.9 Å². The van der Waals surface area contributed by atoms with Crippen molar-refractivity contribution in [3.05, 3.63) is 0 Å². The van der Waals surface area contributed by atoms with Crippen molar-refractivity contribution in [2.24, 2.45) is 11.7 Å². The number of aliphatic hydroxyl groups excluding tert-OH is 3. The van der Waals surface area contributed by atoms with Crippen molar-refractivity contribution in [1.82, 2.24) is 20.9 Å². The monoisotopic (exact) mass is 518 g/mol. The summed E-state index contributed by atoms with van der Waals surface area (Å²) in [6, 6.07) is 0. The molecule has 0 aliphatic carbocycles. The van der Waals surface area contributed by atoms with E-state index in [0.717, 1.165) is 12.1 Å². The number of nitrogens with two attached hydrogens (primary N) is 2. The topological polar surface area (TPSA) is 231 Å². The van der Waals surface area contributed by atoms with Crippen molar-refractivity contribution in [3.63, 3.8) is 0 Å². The van der Waals surface area contributed by atoms with Crippen LogP contribution in [-0.4, -0.2) is 118 Å². The van der Waals surface area contributed by atoms with Gasteiger partial charge in [-0.25, -0.2) is 35.7 Å². The predicted octanol–water partition coefficient (Wildman–Crippen LogP) is -5.37. The lowest BCUT2D eigenvalue weighted by atomic mass is 10.6. The van der Waals surface area contributed by atoms with Crippen LogP contribution < -0.4 is 34.9 Å². The molecule has 1 rings (SSSR count). The molecule has 0 saturated carbocycles. The Kier molecular flexibility index (Phi) is 43.0. The maximum atomic E-state index is 10.8. The van der Waals surface area contributed by atoms with Gasteiger partial charge in [0.25, 0.3) is 0 Å². The number of hydrazine groups is 3. The second kappa shape index (κ2) is 33.9. The minimum atomic E-state index is -0.773. The fourth-order valence-corrected chi connectivity index (χ4v) is 1.08. The third kappa shape index (κ3) is 32.9. The fraction of sp³-hybridized carbons (Fsp3) is 0.786. The van der Waals surface area contributed by atoms with E-state index in [1.54, 1.807) is 0 Å². The quantitative estimate of drug-likeness (QED) is 0.0604. The Morgan fingerprint density at radius 1 is 1.19 bits per heavy atom. The smallest absolute Gasteiger partial charge is 1.00 e. The molecule has 9 N–H and O–H groups in total. The van der Waals surface area contributed by atoms with Crippen molar-refractivity contribution < 1.29 is 62.5 Å². The maximum absolute atomic E-state index is 10.8. The molecule has 0 atom stereocenters. The number of halogens is 2. The number of hydrogen-bond acceptors (Lipinski definition) is 14. The highest BCUT2D eigenvalue weighted by Crippen LogP contribution is 1.92. The zero-order valence-corrected chi connectivity index (χ0v) is 20.0. The number of methoxy groups -OCH3 is 3. The molecule has 0 unspecified atom stereocenters. The fourth-order valence-electron chi connectivity index (χ4n) is 1.08. The molecule has 0 aromatic carbocycles. The van der Waals surface area contributed by atoms with Gasteiger partial charge in [-0.05, 0) is 0 Å². The summed E-state index contributed by atoms with van der Waals surface area (Å²) in [5, 5.41) is 25.3. The second-order valence-corrected chi connectivity index (χ2v) is 4.65. The van der Waals surface area contributed by atoms with E-state index in [9.17, 15) is 14.4 Å². The van der Waals surface area contributed by atoms with Crippen LogP contribution in [0.25, 0.3) is 0 Å². The number of hydrogen-bond donors (Lipinski definition) is 7. The molecule has 1 fully saturated rings. The lowest BCUT2D eigenvalue weighted by Gasteiger charge is -2.25. The largest absolute Gasteiger partial charge is 1.00 e. The van der Waals surface area contributed by atoms with Gasteiger partial charge in [0.15, 0.2) is 0 Å². The maximum Gasteiger partial charge on any atom is 1.00 e. The van der Waals surface area contributed by atoms with E-state index in [2.05, 4.69) is 36.7 Å². The average Bonchev–Trinajstić information content (AvgIpc) is 2.81. The van der Waals surface area contributed by atoms with E-state index in [1.807, 2.05) is 0 Å². The lowest BCUT2D eigenvalue weighted by Crippen LogP contribution is -3.00. The molecule has 32 heavy (non-hydrogen) atoms. The molecule has 196 valence electrons. The molecular formula is C14H36Cl2N6O10. The molecule has 0 aromatic heterocycles. The Morgan fingerprint density at radius 2 is 1.72 bits per heavy atom. The second-order valence-electron chi connectivity index (χ2n) is 4.34. The van der Waals surface area contributed by atoms with Crippen molar-refractivity contribution in [2.45, 2.75) is 0 Å². The third-order valence-corrected chi connectivity index (χ3v) is 2.53. The molecule has 2 amide bonds. The van der Waals surface area contributed by atoms with Crippen LogP contribution in [0.2, 0.25) is 0 Å². The highest BCUT2D eigenvalue weighted by atomic mass is 35.5. The average molecular weight is 519 g/mol. The zero-order chi connectivity index (χ0) is 25.1. The van der Waals surface area contributed by atoms with Gasteiger partial charge in [-0.1, -0.05) is 0 Å². The van der Waals surface area contributed by atoms with Gasteiger partial charge >= 0.3 is 19.0 Å². The van der Waals surface area contributed by atoms with Crippen LogP contribution in [0, 0.1) is 0 Å². The van der Waals surface area contributed by atoms with Crippen LogP contribution in [0.3, 0.4) is 0 Å². The summed E-state index contributed by atoms with van der Waals surface area (Å²) in [5.74, 6) is 9.77. The molecule has 1 aliphatic heterocycles. The molecule has 0 bridgehead atoms. The molecular weight excluding hydrogens is 483 g/mol. The molecule has 0 aromatic rings. The number of rotatable bonds is 4. The molecule has 1 heterocycles. The Labute approximate surface area is 199 Å². The van der Waals surface area contributed by atoms with Gasteiger partial charge in [0.1, 0.15) is 6.73 Å². The first kappa shape index (κ1) is 40.6. The summed E-state index contributed by atoms with van der Waals surface area (Å²) in [6.45, 7) is 1.97. The summed E-state index contributed by atoms with van der Waals surface area (Å²) in [7, 11) is 4.79. The third-order valence-electron chi connectivity index (χ3n) is 2.38. The van der Waals surface area contributed by atoms with Crippen molar-refractivity contribution in [1.29, 1.82) is 0 Å². The Morgan fingerprint density at radius 3 is 1.97 bits per heavy atom. The first-order valence-corrected chi connectivity index (χ1v) is 8.73. The molecule has 0 spiro atoms. The minimum Gasteiger partial charge on any atom is -1.00 e. The minimum absolute atomic E-state index is 0. The van der Waals surface area contributed by atoms with E-state index >= 15 is 0 Å². The standard InChI is InChI=1S/C5H10N2O3.C4H10N2O3.C2H3ClO2.C2H8N2O.CH4O.ClH/c1-9-5(8)7-2-3-10-4-6-7;1-9-4(8)6(5)2-3-7;1-5-2(3)4;3-4-1-2-5;1-2;/h6H,2-4H2,1H3;7H,2-3,5H2,1H3;1H3;4-5H,1-3H2;2H,1H3;1H. The van der Waals surface area contributed by atoms with Crippen LogP contribution >= 0.6 is 11.6 Å². The van der Waals surface area contributed by atoms with Gasteiger partial charge < -0.3 is 46.7 Å². The summed E-state index contributed by atoms with van der Waals surface area (Å²) < 4.78 is 17.5. The van der Waals surface area contributed by atoms with Crippen LogP contribution in [0.5, 0.6) is 0 Å². The van der Waals surface area contributed by atoms with Crippen LogP contribution in [0.15, 0.2) is 0 Å². The number of nitrogens with zero attached hydrogens (tertiary/aromatic N) is 2. The van der Waals surface area contributed by atoms with Crippen molar-refractivity contribution in [2.75, 3.05) is 74.6 Å². The number of amides is 2. The van der Waals surface area contributed by atoms with Gasteiger partial charge in [0.2, 0.25) is 0 Å². The normalized spacial score (nSPS) is 10.9. The molecule has 18 heteroatoms. The van der Waals surface area contributed by atoms with E-state index in [4.69, 9.17) is 31.7 Å². The van der Waals surface area contributed by atoms with Gasteiger partial charge in [-0.2, -0.15) is 0 Å². The molecule has 0 radical (unpaired) electrons. The van der Waals surface area contributed by atoms with Crippen LogP contribution in [0.4, 0.5) is 14.4 Å². The Hall–Kier alpha value is -1.73. The Bertz CT molecular complexity index is 428.